The van der Waals surface area contributed by atoms with E-state index in [-0.39, 0.29) is 25.1 Å². The molecule has 1 aromatic heterocycles. The van der Waals surface area contributed by atoms with Gasteiger partial charge in [0.2, 0.25) is 11.3 Å². The standard InChI is InChI=1S/C19H17ClN2O5/c1-3-27-18(23)19(24)7-6-13-16(26-2)15(10-22(25)17(13)19)14-8-12(20)5-4-11(14)9-21/h4-5,8,10,24H,3,6-7H2,1-2H3. The molecule has 1 heterocycles. The maximum Gasteiger partial charge on any atom is 0.349 e. The molecule has 1 atom stereocenters. The van der Waals surface area contributed by atoms with Crippen molar-refractivity contribution in [2.45, 2.75) is 25.4 Å². The van der Waals surface area contributed by atoms with E-state index in [1.165, 1.54) is 13.3 Å². The van der Waals surface area contributed by atoms with Gasteiger partial charge in [0.05, 0.1) is 36.5 Å². The molecule has 1 N–H and O–H groups in total. The van der Waals surface area contributed by atoms with Gasteiger partial charge in [-0.3, -0.25) is 0 Å². The minimum absolute atomic E-state index is 0.00384. The van der Waals surface area contributed by atoms with Crippen molar-refractivity contribution in [1.29, 1.82) is 5.26 Å². The lowest BCUT2D eigenvalue weighted by Crippen LogP contribution is -2.46. The number of nitrogens with zero attached hydrogens (tertiary/aromatic N) is 2. The number of benzene rings is 1. The Balaban J connectivity index is 2.26. The molecule has 2 aromatic rings. The number of rotatable bonds is 4. The van der Waals surface area contributed by atoms with Crippen molar-refractivity contribution in [1.82, 2.24) is 0 Å². The number of carbonyl (C=O) groups excluding carboxylic acids is 1. The fourth-order valence-electron chi connectivity index (χ4n) is 3.44. The Morgan fingerprint density at radius 1 is 1.48 bits per heavy atom. The average Bonchev–Trinajstić information content (AvgIpc) is 3.01. The molecule has 3 rings (SSSR count). The fraction of sp³-hybridized carbons (Fsp3) is 0.316. The molecule has 140 valence electrons. The molecule has 0 saturated carbocycles. The van der Waals surface area contributed by atoms with Gasteiger partial charge in [-0.15, -0.1) is 0 Å². The number of aliphatic hydroxyl groups is 1. The van der Waals surface area contributed by atoms with Crippen LogP contribution < -0.4 is 9.47 Å². The summed E-state index contributed by atoms with van der Waals surface area (Å²) in [5.74, 6) is -0.556. The second kappa shape index (κ2) is 7.06. The number of fused-ring (bicyclic) bond motifs is 1. The van der Waals surface area contributed by atoms with E-state index in [1.54, 1.807) is 25.1 Å². The van der Waals surface area contributed by atoms with Crippen LogP contribution in [0.5, 0.6) is 5.75 Å². The molecular formula is C19H17ClN2O5. The van der Waals surface area contributed by atoms with Crippen molar-refractivity contribution < 1.29 is 24.1 Å². The number of carbonyl (C=O) groups is 1. The molecule has 0 radical (unpaired) electrons. The average molecular weight is 389 g/mol. The smallest absolute Gasteiger partial charge is 0.349 e. The van der Waals surface area contributed by atoms with Crippen molar-refractivity contribution in [3.05, 3.63) is 51.4 Å². The first-order chi connectivity index (χ1) is 12.9. The third kappa shape index (κ3) is 2.97. The van der Waals surface area contributed by atoms with Gasteiger partial charge in [0, 0.05) is 17.0 Å². The first-order valence-electron chi connectivity index (χ1n) is 8.30. The summed E-state index contributed by atoms with van der Waals surface area (Å²) in [6.07, 6.45) is 1.43. The highest BCUT2D eigenvalue weighted by Gasteiger charge is 2.53. The molecule has 1 aliphatic carbocycles. The molecule has 1 unspecified atom stereocenters. The van der Waals surface area contributed by atoms with Crippen LogP contribution in [0.1, 0.15) is 30.2 Å². The number of esters is 1. The Kier molecular flexibility index (Phi) is 4.96. The summed E-state index contributed by atoms with van der Waals surface area (Å²) in [5, 5.41) is 33.4. The number of methoxy groups -OCH3 is 1. The SMILES string of the molecule is CCOC(=O)C1(O)CCc2c(OC)c(-c3cc(Cl)ccc3C#N)c[n+]([O-])c21. The number of pyridine rings is 1. The van der Waals surface area contributed by atoms with E-state index in [1.807, 2.05) is 0 Å². The summed E-state index contributed by atoms with van der Waals surface area (Å²) in [6.45, 7) is 1.70. The Bertz CT molecular complexity index is 970. The summed E-state index contributed by atoms with van der Waals surface area (Å²) >= 11 is 6.06. The van der Waals surface area contributed by atoms with E-state index in [0.29, 0.717) is 37.8 Å². The Labute approximate surface area is 160 Å². The van der Waals surface area contributed by atoms with Gasteiger partial charge in [-0.2, -0.15) is 9.99 Å². The zero-order valence-corrected chi connectivity index (χ0v) is 15.5. The Hall–Kier alpha value is -2.82. The van der Waals surface area contributed by atoms with Gasteiger partial charge in [-0.1, -0.05) is 11.6 Å². The lowest BCUT2D eigenvalue weighted by molar-refractivity contribution is -0.620. The number of aromatic nitrogens is 1. The van der Waals surface area contributed by atoms with E-state index >= 15 is 0 Å². The quantitative estimate of drug-likeness (QED) is 0.489. The predicted octanol–water partition coefficient (Wildman–Crippen LogP) is 2.22. The van der Waals surface area contributed by atoms with Crippen molar-refractivity contribution >= 4 is 17.6 Å². The molecule has 8 heteroatoms. The molecular weight excluding hydrogens is 372 g/mol. The third-order valence-corrected chi connectivity index (χ3v) is 4.84. The van der Waals surface area contributed by atoms with Crippen LogP contribution in [-0.2, 0) is 21.6 Å². The fourth-order valence-corrected chi connectivity index (χ4v) is 3.61. The molecule has 0 aliphatic heterocycles. The first kappa shape index (κ1) is 19.0. The van der Waals surface area contributed by atoms with Crippen molar-refractivity contribution in [3.63, 3.8) is 0 Å². The molecule has 7 nitrogen and oxygen atoms in total. The van der Waals surface area contributed by atoms with Gasteiger partial charge >= 0.3 is 5.97 Å². The van der Waals surface area contributed by atoms with Crippen LogP contribution in [0.15, 0.2) is 24.4 Å². The number of ether oxygens (including phenoxy) is 2. The van der Waals surface area contributed by atoms with Gasteiger partial charge in [0.15, 0.2) is 6.20 Å². The monoisotopic (exact) mass is 388 g/mol. The molecule has 1 aliphatic rings. The van der Waals surface area contributed by atoms with Crippen LogP contribution in [0, 0.1) is 16.5 Å². The second-order valence-corrected chi connectivity index (χ2v) is 6.55. The highest BCUT2D eigenvalue weighted by Crippen LogP contribution is 2.44. The van der Waals surface area contributed by atoms with Gasteiger partial charge in [0.1, 0.15) is 5.75 Å². The molecule has 1 aromatic carbocycles. The Morgan fingerprint density at radius 2 is 2.22 bits per heavy atom. The summed E-state index contributed by atoms with van der Waals surface area (Å²) in [4.78, 5) is 12.3. The zero-order chi connectivity index (χ0) is 19.8. The van der Waals surface area contributed by atoms with Crippen molar-refractivity contribution in [2.75, 3.05) is 13.7 Å². The van der Waals surface area contributed by atoms with E-state index in [2.05, 4.69) is 6.07 Å². The van der Waals surface area contributed by atoms with Crippen LogP contribution >= 0.6 is 11.6 Å². The van der Waals surface area contributed by atoms with E-state index < -0.39 is 11.6 Å². The highest BCUT2D eigenvalue weighted by molar-refractivity contribution is 6.31. The normalized spacial score (nSPS) is 17.9. The highest BCUT2D eigenvalue weighted by atomic mass is 35.5. The van der Waals surface area contributed by atoms with Crippen LogP contribution in [0.2, 0.25) is 5.02 Å². The zero-order valence-electron chi connectivity index (χ0n) is 14.8. The number of hydrogen-bond acceptors (Lipinski definition) is 6. The van der Waals surface area contributed by atoms with Gasteiger partial charge < -0.3 is 19.8 Å². The van der Waals surface area contributed by atoms with Crippen molar-refractivity contribution in [3.8, 4) is 22.9 Å². The molecule has 0 amide bonds. The topological polar surface area (TPSA) is 106 Å². The predicted molar refractivity (Wildman–Crippen MR) is 96.0 cm³/mol. The van der Waals surface area contributed by atoms with Crippen LogP contribution in [0.25, 0.3) is 11.1 Å². The minimum Gasteiger partial charge on any atom is -0.618 e. The van der Waals surface area contributed by atoms with Gasteiger partial charge in [0.25, 0.3) is 0 Å². The number of nitriles is 1. The van der Waals surface area contributed by atoms with Gasteiger partial charge in [-0.05, 0) is 31.5 Å². The largest absolute Gasteiger partial charge is 0.618 e. The number of hydrogen-bond donors (Lipinski definition) is 1. The summed E-state index contributed by atoms with van der Waals surface area (Å²) in [7, 11) is 1.42. The van der Waals surface area contributed by atoms with E-state index in [0.717, 1.165) is 0 Å². The molecule has 0 saturated heterocycles. The Morgan fingerprint density at radius 3 is 2.85 bits per heavy atom. The lowest BCUT2D eigenvalue weighted by Gasteiger charge is -2.21. The summed E-state index contributed by atoms with van der Waals surface area (Å²) in [5.41, 5.74) is -0.632. The van der Waals surface area contributed by atoms with Crippen LogP contribution in [-0.4, -0.2) is 24.8 Å². The van der Waals surface area contributed by atoms with E-state index in [4.69, 9.17) is 21.1 Å². The van der Waals surface area contributed by atoms with Crippen LogP contribution in [0.3, 0.4) is 0 Å². The maximum absolute atomic E-state index is 12.8. The minimum atomic E-state index is -2.04. The molecule has 0 bridgehead atoms. The number of halogens is 1. The van der Waals surface area contributed by atoms with Crippen molar-refractivity contribution in [2.24, 2.45) is 0 Å². The molecule has 27 heavy (non-hydrogen) atoms. The molecule has 0 fully saturated rings. The van der Waals surface area contributed by atoms with Gasteiger partial charge in [-0.25, -0.2) is 4.79 Å². The maximum atomic E-state index is 12.8. The first-order valence-corrected chi connectivity index (χ1v) is 8.68. The lowest BCUT2D eigenvalue weighted by atomic mass is 9.97. The van der Waals surface area contributed by atoms with Crippen LogP contribution in [0.4, 0.5) is 0 Å². The van der Waals surface area contributed by atoms with E-state index in [9.17, 15) is 20.4 Å². The summed E-state index contributed by atoms with van der Waals surface area (Å²) < 4.78 is 10.9. The second-order valence-electron chi connectivity index (χ2n) is 6.11. The molecule has 0 spiro atoms. The summed E-state index contributed by atoms with van der Waals surface area (Å²) in [6, 6.07) is 6.76. The third-order valence-electron chi connectivity index (χ3n) is 4.61.